The summed E-state index contributed by atoms with van der Waals surface area (Å²) in [6.45, 7) is 0.475. The Hall–Kier alpha value is -1.63. The third-order valence-corrected chi connectivity index (χ3v) is 3.56. The predicted molar refractivity (Wildman–Crippen MR) is 71.8 cm³/mol. The number of rotatable bonds is 4. The van der Waals surface area contributed by atoms with Gasteiger partial charge in [-0.05, 0) is 44.0 Å². The first-order valence-corrected chi connectivity index (χ1v) is 6.92. The van der Waals surface area contributed by atoms with Crippen molar-refractivity contribution in [1.29, 1.82) is 0 Å². The van der Waals surface area contributed by atoms with Gasteiger partial charge in [0.2, 0.25) is 0 Å². The number of carbonyl (C=O) groups is 1. The van der Waals surface area contributed by atoms with Crippen LogP contribution in [0.3, 0.4) is 0 Å². The van der Waals surface area contributed by atoms with E-state index in [1.165, 1.54) is 4.90 Å². The molecule has 0 aliphatic carbocycles. The van der Waals surface area contributed by atoms with Crippen LogP contribution in [-0.2, 0) is 0 Å². The molecular formula is C14H18F3N3O. The van der Waals surface area contributed by atoms with Crippen molar-refractivity contribution in [3.05, 3.63) is 30.1 Å². The molecular weight excluding hydrogens is 283 g/mol. The molecule has 0 aromatic carbocycles. The first kappa shape index (κ1) is 15.8. The minimum atomic E-state index is -4.14. The Morgan fingerprint density at radius 1 is 1.33 bits per heavy atom. The summed E-state index contributed by atoms with van der Waals surface area (Å²) >= 11 is 0. The normalized spacial score (nSPS) is 17.7. The Kier molecular flexibility index (Phi) is 5.17. The summed E-state index contributed by atoms with van der Waals surface area (Å²) in [5, 5.41) is 2.79. The number of likely N-dealkylation sites (tertiary alicyclic amines) is 1. The number of aromatic nitrogens is 1. The Balaban J connectivity index is 1.71. The first-order valence-electron chi connectivity index (χ1n) is 6.92. The Labute approximate surface area is 121 Å². The second kappa shape index (κ2) is 6.89. The molecule has 21 heavy (non-hydrogen) atoms. The van der Waals surface area contributed by atoms with E-state index in [0.717, 1.165) is 0 Å². The summed E-state index contributed by atoms with van der Waals surface area (Å²) in [4.78, 5) is 17.2. The maximum absolute atomic E-state index is 12.3. The first-order chi connectivity index (χ1) is 9.94. The van der Waals surface area contributed by atoms with Crippen molar-refractivity contribution in [2.45, 2.75) is 19.0 Å². The average Bonchev–Trinajstić information content (AvgIpc) is 2.45. The van der Waals surface area contributed by atoms with Crippen molar-refractivity contribution in [3.63, 3.8) is 0 Å². The lowest BCUT2D eigenvalue weighted by atomic mass is 9.97. The summed E-state index contributed by atoms with van der Waals surface area (Å²) in [7, 11) is 0. The van der Waals surface area contributed by atoms with E-state index in [1.54, 1.807) is 24.4 Å². The van der Waals surface area contributed by atoms with Crippen LogP contribution in [0.2, 0.25) is 0 Å². The van der Waals surface area contributed by atoms with E-state index >= 15 is 0 Å². The molecule has 0 bridgehead atoms. The van der Waals surface area contributed by atoms with Crippen LogP contribution in [0.4, 0.5) is 13.2 Å². The zero-order valence-electron chi connectivity index (χ0n) is 11.6. The number of amides is 1. The van der Waals surface area contributed by atoms with Crippen LogP contribution in [0.15, 0.2) is 24.4 Å². The summed E-state index contributed by atoms with van der Waals surface area (Å²) in [5.41, 5.74) is 0.354. The molecule has 2 rings (SSSR count). The van der Waals surface area contributed by atoms with E-state index in [1.807, 2.05) is 0 Å². The van der Waals surface area contributed by atoms with E-state index in [9.17, 15) is 18.0 Å². The molecule has 116 valence electrons. The number of hydrogen-bond acceptors (Lipinski definition) is 3. The van der Waals surface area contributed by atoms with Crippen molar-refractivity contribution in [3.8, 4) is 0 Å². The van der Waals surface area contributed by atoms with Gasteiger partial charge in [0, 0.05) is 12.7 Å². The van der Waals surface area contributed by atoms with Crippen molar-refractivity contribution in [2.24, 2.45) is 5.92 Å². The highest BCUT2D eigenvalue weighted by atomic mass is 19.4. The Bertz CT molecular complexity index is 456. The number of carbonyl (C=O) groups excluding carboxylic acids is 1. The fraction of sp³-hybridized carbons (Fsp3) is 0.571. The third-order valence-electron chi connectivity index (χ3n) is 3.56. The molecule has 1 N–H and O–H groups in total. The van der Waals surface area contributed by atoms with Gasteiger partial charge in [-0.1, -0.05) is 6.07 Å². The fourth-order valence-electron chi connectivity index (χ4n) is 2.43. The van der Waals surface area contributed by atoms with E-state index in [-0.39, 0.29) is 11.8 Å². The minimum absolute atomic E-state index is 0.224. The molecule has 1 aliphatic rings. The molecule has 0 saturated carbocycles. The molecule has 7 heteroatoms. The van der Waals surface area contributed by atoms with Gasteiger partial charge in [-0.3, -0.25) is 14.7 Å². The minimum Gasteiger partial charge on any atom is -0.350 e. The van der Waals surface area contributed by atoms with Crippen LogP contribution in [0.1, 0.15) is 23.3 Å². The lowest BCUT2D eigenvalue weighted by Gasteiger charge is -2.32. The lowest BCUT2D eigenvalue weighted by molar-refractivity contribution is -0.148. The number of pyridine rings is 1. The highest BCUT2D eigenvalue weighted by Gasteiger charge is 2.32. The summed E-state index contributed by atoms with van der Waals surface area (Å²) in [5.74, 6) is -0.0181. The maximum Gasteiger partial charge on any atom is 0.401 e. The second-order valence-electron chi connectivity index (χ2n) is 5.26. The van der Waals surface area contributed by atoms with Gasteiger partial charge >= 0.3 is 6.18 Å². The van der Waals surface area contributed by atoms with Gasteiger partial charge < -0.3 is 5.32 Å². The van der Waals surface area contributed by atoms with E-state index < -0.39 is 12.7 Å². The molecule has 0 unspecified atom stereocenters. The van der Waals surface area contributed by atoms with Gasteiger partial charge in [-0.15, -0.1) is 0 Å². The smallest absolute Gasteiger partial charge is 0.350 e. The van der Waals surface area contributed by atoms with Crippen LogP contribution < -0.4 is 5.32 Å². The molecule has 1 aromatic heterocycles. The van der Waals surface area contributed by atoms with E-state index in [0.29, 0.717) is 38.2 Å². The summed E-state index contributed by atoms with van der Waals surface area (Å²) in [6, 6.07) is 5.09. The maximum atomic E-state index is 12.3. The quantitative estimate of drug-likeness (QED) is 0.926. The van der Waals surface area contributed by atoms with Gasteiger partial charge in [0.1, 0.15) is 5.69 Å². The molecule has 0 atom stereocenters. The van der Waals surface area contributed by atoms with Crippen LogP contribution >= 0.6 is 0 Å². The number of nitrogens with zero attached hydrogens (tertiary/aromatic N) is 2. The largest absolute Gasteiger partial charge is 0.401 e. The number of nitrogens with one attached hydrogen (secondary N) is 1. The lowest BCUT2D eigenvalue weighted by Crippen LogP contribution is -2.42. The van der Waals surface area contributed by atoms with Crippen LogP contribution in [-0.4, -0.2) is 48.1 Å². The monoisotopic (exact) mass is 301 g/mol. The molecule has 1 saturated heterocycles. The Morgan fingerprint density at radius 2 is 2.05 bits per heavy atom. The zero-order valence-corrected chi connectivity index (χ0v) is 11.6. The van der Waals surface area contributed by atoms with Crippen molar-refractivity contribution in [2.75, 3.05) is 26.2 Å². The molecule has 1 aliphatic heterocycles. The van der Waals surface area contributed by atoms with Gasteiger partial charge in [-0.2, -0.15) is 13.2 Å². The van der Waals surface area contributed by atoms with Crippen LogP contribution in [0.25, 0.3) is 0 Å². The van der Waals surface area contributed by atoms with Crippen molar-refractivity contribution >= 4 is 5.91 Å². The SMILES string of the molecule is O=C(NCC1CCN(CC(F)(F)F)CC1)c1ccccn1. The highest BCUT2D eigenvalue weighted by molar-refractivity contribution is 5.92. The van der Waals surface area contributed by atoms with E-state index in [4.69, 9.17) is 0 Å². The highest BCUT2D eigenvalue weighted by Crippen LogP contribution is 2.22. The van der Waals surface area contributed by atoms with Gasteiger partial charge in [0.15, 0.2) is 0 Å². The summed E-state index contributed by atoms with van der Waals surface area (Å²) in [6.07, 6.45) is -1.26. The third kappa shape index (κ3) is 5.34. The van der Waals surface area contributed by atoms with Crippen molar-refractivity contribution in [1.82, 2.24) is 15.2 Å². The Morgan fingerprint density at radius 3 is 2.62 bits per heavy atom. The summed E-state index contributed by atoms with van der Waals surface area (Å²) < 4.78 is 36.8. The zero-order chi connectivity index (χ0) is 15.3. The van der Waals surface area contributed by atoms with Crippen LogP contribution in [0, 0.1) is 5.92 Å². The topological polar surface area (TPSA) is 45.2 Å². The molecule has 1 aromatic rings. The second-order valence-corrected chi connectivity index (χ2v) is 5.26. The fourth-order valence-corrected chi connectivity index (χ4v) is 2.43. The van der Waals surface area contributed by atoms with E-state index in [2.05, 4.69) is 10.3 Å². The molecule has 1 fully saturated rings. The van der Waals surface area contributed by atoms with Gasteiger partial charge in [0.25, 0.3) is 5.91 Å². The molecule has 1 amide bonds. The molecule has 0 spiro atoms. The number of hydrogen-bond donors (Lipinski definition) is 1. The number of halogens is 3. The number of piperidine rings is 1. The predicted octanol–water partition coefficient (Wildman–Crippen LogP) is 2.09. The van der Waals surface area contributed by atoms with Gasteiger partial charge in [0.05, 0.1) is 6.54 Å². The standard InChI is InChI=1S/C14H18F3N3O/c15-14(16,17)10-20-7-4-11(5-8-20)9-19-13(21)12-3-1-2-6-18-12/h1-3,6,11H,4-5,7-10H2,(H,19,21). The molecule has 0 radical (unpaired) electrons. The molecule has 2 heterocycles. The van der Waals surface area contributed by atoms with Crippen molar-refractivity contribution < 1.29 is 18.0 Å². The number of alkyl halides is 3. The average molecular weight is 301 g/mol. The van der Waals surface area contributed by atoms with Crippen LogP contribution in [0.5, 0.6) is 0 Å². The molecule has 4 nitrogen and oxygen atoms in total. The van der Waals surface area contributed by atoms with Gasteiger partial charge in [-0.25, -0.2) is 0 Å².